The molecule has 1 aromatic heterocycles. The molecule has 0 saturated heterocycles. The SMILES string of the molecule is Cc1cccc2c(CC(=O)Nc3ccc(C#N)cc3)c[nH]c12. The van der Waals surface area contributed by atoms with Crippen molar-refractivity contribution < 1.29 is 4.79 Å². The Bertz CT molecular complexity index is 869. The van der Waals surface area contributed by atoms with E-state index in [2.05, 4.69) is 16.4 Å². The highest BCUT2D eigenvalue weighted by molar-refractivity contribution is 5.96. The quantitative estimate of drug-likeness (QED) is 0.774. The first-order valence-electron chi connectivity index (χ1n) is 7.03. The van der Waals surface area contributed by atoms with Crippen LogP contribution in [0.5, 0.6) is 0 Å². The van der Waals surface area contributed by atoms with Crippen LogP contribution in [0.3, 0.4) is 0 Å². The number of carbonyl (C=O) groups is 1. The smallest absolute Gasteiger partial charge is 0.228 e. The molecule has 1 amide bonds. The number of aromatic nitrogens is 1. The summed E-state index contributed by atoms with van der Waals surface area (Å²) in [6.07, 6.45) is 2.19. The van der Waals surface area contributed by atoms with Crippen molar-refractivity contribution in [1.29, 1.82) is 5.26 Å². The molecule has 0 aliphatic carbocycles. The Balaban J connectivity index is 1.75. The fourth-order valence-electron chi connectivity index (χ4n) is 2.52. The molecule has 4 nitrogen and oxygen atoms in total. The second-order valence-corrected chi connectivity index (χ2v) is 5.23. The second-order valence-electron chi connectivity index (χ2n) is 5.23. The summed E-state index contributed by atoms with van der Waals surface area (Å²) >= 11 is 0. The molecule has 3 rings (SSSR count). The fraction of sp³-hybridized carbons (Fsp3) is 0.111. The van der Waals surface area contributed by atoms with Gasteiger partial charge in [0, 0.05) is 22.8 Å². The summed E-state index contributed by atoms with van der Waals surface area (Å²) in [5.41, 5.74) is 4.48. The van der Waals surface area contributed by atoms with Gasteiger partial charge in [-0.1, -0.05) is 18.2 Å². The summed E-state index contributed by atoms with van der Waals surface area (Å²) in [7, 11) is 0. The number of amides is 1. The van der Waals surface area contributed by atoms with Crippen LogP contribution in [-0.2, 0) is 11.2 Å². The normalized spacial score (nSPS) is 10.4. The molecule has 4 heteroatoms. The van der Waals surface area contributed by atoms with Gasteiger partial charge in [0.2, 0.25) is 5.91 Å². The Kier molecular flexibility index (Phi) is 3.63. The largest absolute Gasteiger partial charge is 0.361 e. The van der Waals surface area contributed by atoms with Gasteiger partial charge in [0.1, 0.15) is 0 Å². The summed E-state index contributed by atoms with van der Waals surface area (Å²) in [5.74, 6) is -0.0767. The number of nitrogens with zero attached hydrogens (tertiary/aromatic N) is 1. The lowest BCUT2D eigenvalue weighted by molar-refractivity contribution is -0.115. The fourth-order valence-corrected chi connectivity index (χ4v) is 2.52. The number of fused-ring (bicyclic) bond motifs is 1. The van der Waals surface area contributed by atoms with E-state index in [9.17, 15) is 4.79 Å². The van der Waals surface area contributed by atoms with E-state index in [1.165, 1.54) is 0 Å². The van der Waals surface area contributed by atoms with Crippen molar-refractivity contribution in [2.45, 2.75) is 13.3 Å². The number of hydrogen-bond acceptors (Lipinski definition) is 2. The van der Waals surface area contributed by atoms with Crippen molar-refractivity contribution in [1.82, 2.24) is 4.98 Å². The monoisotopic (exact) mass is 289 g/mol. The molecular weight excluding hydrogens is 274 g/mol. The third-order valence-electron chi connectivity index (χ3n) is 3.66. The molecule has 1 heterocycles. The van der Waals surface area contributed by atoms with Crippen molar-refractivity contribution in [3.05, 3.63) is 65.4 Å². The number of benzene rings is 2. The van der Waals surface area contributed by atoms with Gasteiger partial charge < -0.3 is 10.3 Å². The molecular formula is C18H15N3O. The summed E-state index contributed by atoms with van der Waals surface area (Å²) < 4.78 is 0. The number of nitrogens with one attached hydrogen (secondary N) is 2. The van der Waals surface area contributed by atoms with Gasteiger partial charge in [0.25, 0.3) is 0 Å². The lowest BCUT2D eigenvalue weighted by Crippen LogP contribution is -2.14. The molecule has 0 spiro atoms. The maximum absolute atomic E-state index is 12.2. The first-order chi connectivity index (χ1) is 10.7. The van der Waals surface area contributed by atoms with Crippen LogP contribution in [-0.4, -0.2) is 10.9 Å². The van der Waals surface area contributed by atoms with Crippen LogP contribution in [0.4, 0.5) is 5.69 Å². The molecule has 3 aromatic rings. The Labute approximate surface area is 128 Å². The predicted molar refractivity (Wildman–Crippen MR) is 86.5 cm³/mol. The van der Waals surface area contributed by atoms with Crippen molar-refractivity contribution >= 4 is 22.5 Å². The van der Waals surface area contributed by atoms with Gasteiger partial charge in [0.05, 0.1) is 18.1 Å². The zero-order valence-corrected chi connectivity index (χ0v) is 12.2. The topological polar surface area (TPSA) is 68.7 Å². The third kappa shape index (κ3) is 2.70. The van der Waals surface area contributed by atoms with Gasteiger partial charge in [-0.15, -0.1) is 0 Å². The number of hydrogen-bond donors (Lipinski definition) is 2. The van der Waals surface area contributed by atoms with Gasteiger partial charge in [0.15, 0.2) is 0 Å². The van der Waals surface area contributed by atoms with E-state index in [4.69, 9.17) is 5.26 Å². The number of aryl methyl sites for hydroxylation is 1. The lowest BCUT2D eigenvalue weighted by atomic mass is 10.1. The van der Waals surface area contributed by atoms with E-state index < -0.39 is 0 Å². The highest BCUT2D eigenvalue weighted by Crippen LogP contribution is 2.22. The highest BCUT2D eigenvalue weighted by atomic mass is 16.1. The maximum Gasteiger partial charge on any atom is 0.228 e. The van der Waals surface area contributed by atoms with Crippen molar-refractivity contribution in [2.75, 3.05) is 5.32 Å². The van der Waals surface area contributed by atoms with E-state index in [1.807, 2.05) is 31.3 Å². The van der Waals surface area contributed by atoms with E-state index >= 15 is 0 Å². The molecule has 0 radical (unpaired) electrons. The van der Waals surface area contributed by atoms with Gasteiger partial charge in [-0.05, 0) is 42.3 Å². The van der Waals surface area contributed by atoms with Crippen molar-refractivity contribution in [2.24, 2.45) is 0 Å². The van der Waals surface area contributed by atoms with Gasteiger partial charge in [-0.25, -0.2) is 0 Å². The third-order valence-corrected chi connectivity index (χ3v) is 3.66. The molecule has 0 bridgehead atoms. The number of anilines is 1. The average Bonchev–Trinajstić information content (AvgIpc) is 2.92. The van der Waals surface area contributed by atoms with Crippen LogP contribution in [0.1, 0.15) is 16.7 Å². The maximum atomic E-state index is 12.2. The number of aromatic amines is 1. The lowest BCUT2D eigenvalue weighted by Gasteiger charge is -2.05. The summed E-state index contributed by atoms with van der Waals surface area (Å²) in [6.45, 7) is 2.04. The Morgan fingerprint density at radius 3 is 2.73 bits per heavy atom. The van der Waals surface area contributed by atoms with Crippen molar-refractivity contribution in [3.8, 4) is 6.07 Å². The highest BCUT2D eigenvalue weighted by Gasteiger charge is 2.10. The van der Waals surface area contributed by atoms with E-state index in [0.717, 1.165) is 22.0 Å². The van der Waals surface area contributed by atoms with Crippen LogP contribution in [0.25, 0.3) is 10.9 Å². The number of rotatable bonds is 3. The molecule has 108 valence electrons. The minimum atomic E-state index is -0.0767. The molecule has 0 aliphatic heterocycles. The Hall–Kier alpha value is -3.06. The number of H-pyrrole nitrogens is 1. The average molecular weight is 289 g/mol. The minimum Gasteiger partial charge on any atom is -0.361 e. The summed E-state index contributed by atoms with van der Waals surface area (Å²) in [5, 5.41) is 12.7. The Morgan fingerprint density at radius 1 is 1.23 bits per heavy atom. The number of para-hydroxylation sites is 1. The van der Waals surface area contributed by atoms with Gasteiger partial charge >= 0.3 is 0 Å². The Morgan fingerprint density at radius 2 is 2.00 bits per heavy atom. The molecule has 2 aromatic carbocycles. The van der Waals surface area contributed by atoms with Crippen LogP contribution in [0.2, 0.25) is 0 Å². The van der Waals surface area contributed by atoms with Crippen LogP contribution in [0, 0.1) is 18.3 Å². The van der Waals surface area contributed by atoms with E-state index in [1.54, 1.807) is 24.3 Å². The molecule has 0 unspecified atom stereocenters. The molecule has 0 fully saturated rings. The van der Waals surface area contributed by atoms with Crippen LogP contribution >= 0.6 is 0 Å². The zero-order chi connectivity index (χ0) is 15.5. The number of carbonyl (C=O) groups excluding carboxylic acids is 1. The molecule has 0 saturated carbocycles. The number of nitriles is 1. The summed E-state index contributed by atoms with van der Waals surface area (Å²) in [4.78, 5) is 15.4. The first-order valence-corrected chi connectivity index (χ1v) is 7.03. The molecule has 2 N–H and O–H groups in total. The molecule has 22 heavy (non-hydrogen) atoms. The minimum absolute atomic E-state index is 0.0767. The zero-order valence-electron chi connectivity index (χ0n) is 12.2. The van der Waals surface area contributed by atoms with Crippen molar-refractivity contribution in [3.63, 3.8) is 0 Å². The van der Waals surface area contributed by atoms with Crippen LogP contribution < -0.4 is 5.32 Å². The summed E-state index contributed by atoms with van der Waals surface area (Å²) in [6, 6.07) is 14.9. The van der Waals surface area contributed by atoms with Gasteiger partial charge in [-0.3, -0.25) is 4.79 Å². The first kappa shape index (κ1) is 13.9. The van der Waals surface area contributed by atoms with E-state index in [-0.39, 0.29) is 5.91 Å². The predicted octanol–water partition coefficient (Wildman–Crippen LogP) is 3.53. The molecule has 0 aliphatic rings. The second kappa shape index (κ2) is 5.74. The van der Waals surface area contributed by atoms with Crippen LogP contribution in [0.15, 0.2) is 48.7 Å². The van der Waals surface area contributed by atoms with Gasteiger partial charge in [-0.2, -0.15) is 5.26 Å². The molecule has 0 atom stereocenters. The van der Waals surface area contributed by atoms with E-state index in [0.29, 0.717) is 17.7 Å². The standard InChI is InChI=1S/C18H15N3O/c1-12-3-2-4-16-14(11-20-18(12)16)9-17(22)21-15-7-5-13(10-19)6-8-15/h2-8,11,20H,9H2,1H3,(H,21,22).